The molecule has 4 N–H and O–H groups in total. The average molecular weight is 598 g/mol. The lowest BCUT2D eigenvalue weighted by Crippen LogP contribution is -2.51. The van der Waals surface area contributed by atoms with Crippen molar-refractivity contribution in [1.29, 1.82) is 0 Å². The molecule has 5 rings (SSSR count). The standard InChI is InChI=1S/C33H39N7O4/c1-5-7-30-29(6-2)36-31-26(19-35-37(31)4)21-40(30)32(43)24-8-9-25(22(3)14-24)18-34-33(44)39-12-10-38(11-13-39)20-23-15-27(41)17-28(42)16-23/h5-9,14-17,19,36,41-42H,2,10-13,18,20-21H2,1,3-4H3,(H,34,44)/b7-5-. The van der Waals surface area contributed by atoms with Gasteiger partial charge in [0.1, 0.15) is 17.3 Å². The summed E-state index contributed by atoms with van der Waals surface area (Å²) in [6.45, 7) is 11.6. The van der Waals surface area contributed by atoms with E-state index in [0.29, 0.717) is 57.1 Å². The Morgan fingerprint density at radius 2 is 1.82 bits per heavy atom. The van der Waals surface area contributed by atoms with E-state index in [4.69, 9.17) is 0 Å². The van der Waals surface area contributed by atoms with Crippen LogP contribution in [0.15, 0.2) is 78.8 Å². The first-order valence-electron chi connectivity index (χ1n) is 14.6. The number of hydrogen-bond acceptors (Lipinski definition) is 7. The molecule has 3 amide bonds. The van der Waals surface area contributed by atoms with Crippen LogP contribution in [0.5, 0.6) is 11.5 Å². The van der Waals surface area contributed by atoms with Crippen molar-refractivity contribution in [3.05, 3.63) is 107 Å². The number of allylic oxidation sites excluding steroid dienone is 3. The van der Waals surface area contributed by atoms with Gasteiger partial charge in [-0.05, 0) is 67.0 Å². The Balaban J connectivity index is 1.21. The molecule has 11 heteroatoms. The zero-order valence-electron chi connectivity index (χ0n) is 25.4. The Bertz CT molecular complexity index is 1610. The number of carbonyl (C=O) groups is 2. The van der Waals surface area contributed by atoms with Crippen molar-refractivity contribution in [2.24, 2.45) is 7.05 Å². The van der Waals surface area contributed by atoms with Crippen molar-refractivity contribution in [3.8, 4) is 11.5 Å². The Labute approximate surface area is 257 Å². The number of nitrogens with zero attached hydrogens (tertiary/aromatic N) is 5. The molecule has 0 saturated carbocycles. The summed E-state index contributed by atoms with van der Waals surface area (Å²) in [5.41, 5.74) is 5.54. The summed E-state index contributed by atoms with van der Waals surface area (Å²) in [5, 5.41) is 30.2. The second kappa shape index (κ2) is 13.1. The van der Waals surface area contributed by atoms with Crippen LogP contribution in [0.2, 0.25) is 0 Å². The molecule has 1 aromatic heterocycles. The highest BCUT2D eigenvalue weighted by Gasteiger charge is 2.27. The Morgan fingerprint density at radius 3 is 2.48 bits per heavy atom. The van der Waals surface area contributed by atoms with Crippen LogP contribution in [0.3, 0.4) is 0 Å². The molecule has 3 heterocycles. The van der Waals surface area contributed by atoms with E-state index >= 15 is 0 Å². The number of aromatic hydroxyl groups is 2. The highest BCUT2D eigenvalue weighted by atomic mass is 16.3. The Hall–Kier alpha value is -5.03. The molecule has 3 aromatic rings. The number of benzene rings is 2. The minimum atomic E-state index is -0.145. The van der Waals surface area contributed by atoms with Crippen LogP contribution in [0.1, 0.15) is 39.5 Å². The van der Waals surface area contributed by atoms with Gasteiger partial charge in [0.05, 0.1) is 24.1 Å². The van der Waals surface area contributed by atoms with Crippen LogP contribution < -0.4 is 10.6 Å². The fourth-order valence-electron chi connectivity index (χ4n) is 5.61. The summed E-state index contributed by atoms with van der Waals surface area (Å²) in [7, 11) is 1.85. The van der Waals surface area contributed by atoms with E-state index in [1.807, 2.05) is 45.2 Å². The number of aryl methyl sites for hydroxylation is 2. The number of carbonyl (C=O) groups excluding carboxylic acids is 2. The van der Waals surface area contributed by atoms with Gasteiger partial charge in [-0.25, -0.2) is 4.79 Å². The number of urea groups is 1. The highest BCUT2D eigenvalue weighted by molar-refractivity contribution is 5.96. The summed E-state index contributed by atoms with van der Waals surface area (Å²) in [6, 6.07) is 10.0. The summed E-state index contributed by atoms with van der Waals surface area (Å²) in [5.74, 6) is 0.738. The highest BCUT2D eigenvalue weighted by Crippen LogP contribution is 2.29. The zero-order valence-corrected chi connectivity index (χ0v) is 25.4. The minimum absolute atomic E-state index is 0.0327. The van der Waals surface area contributed by atoms with Gasteiger partial charge in [0.15, 0.2) is 0 Å². The number of phenolic OH excluding ortho intramolecular Hbond substituents is 2. The Morgan fingerprint density at radius 1 is 1.09 bits per heavy atom. The van der Waals surface area contributed by atoms with Crippen molar-refractivity contribution < 1.29 is 19.8 Å². The number of phenols is 2. The summed E-state index contributed by atoms with van der Waals surface area (Å²) < 4.78 is 1.75. The van der Waals surface area contributed by atoms with E-state index in [9.17, 15) is 19.8 Å². The average Bonchev–Trinajstić information content (AvgIpc) is 3.25. The first-order valence-corrected chi connectivity index (χ1v) is 14.6. The molecule has 2 aliphatic rings. The number of amides is 3. The minimum Gasteiger partial charge on any atom is -0.508 e. The van der Waals surface area contributed by atoms with Crippen molar-refractivity contribution in [2.45, 2.75) is 33.5 Å². The maximum atomic E-state index is 13.9. The molecule has 0 bridgehead atoms. The predicted molar refractivity (Wildman–Crippen MR) is 169 cm³/mol. The topological polar surface area (TPSA) is 126 Å². The molecule has 11 nitrogen and oxygen atoms in total. The van der Waals surface area contributed by atoms with E-state index in [2.05, 4.69) is 27.2 Å². The maximum absolute atomic E-state index is 13.9. The van der Waals surface area contributed by atoms with Gasteiger partial charge in [0.25, 0.3) is 5.91 Å². The second-order valence-electron chi connectivity index (χ2n) is 11.1. The molecule has 0 radical (unpaired) electrons. The molecule has 0 unspecified atom stereocenters. The monoisotopic (exact) mass is 597 g/mol. The van der Waals surface area contributed by atoms with Gasteiger partial charge in [-0.2, -0.15) is 5.10 Å². The lowest BCUT2D eigenvalue weighted by atomic mass is 10.0. The van der Waals surface area contributed by atoms with E-state index in [1.165, 1.54) is 6.07 Å². The van der Waals surface area contributed by atoms with E-state index in [0.717, 1.165) is 33.8 Å². The number of aromatic nitrogens is 2. The van der Waals surface area contributed by atoms with Crippen LogP contribution in [0.4, 0.5) is 10.6 Å². The van der Waals surface area contributed by atoms with Crippen LogP contribution in [0, 0.1) is 6.92 Å². The molecule has 230 valence electrons. The van der Waals surface area contributed by atoms with Crippen molar-refractivity contribution >= 4 is 17.8 Å². The van der Waals surface area contributed by atoms with Gasteiger partial charge in [-0.3, -0.25) is 14.4 Å². The summed E-state index contributed by atoms with van der Waals surface area (Å²) in [6.07, 6.45) is 7.26. The van der Waals surface area contributed by atoms with Gasteiger partial charge in [-0.1, -0.05) is 18.7 Å². The lowest BCUT2D eigenvalue weighted by molar-refractivity contribution is 0.0801. The van der Waals surface area contributed by atoms with Crippen molar-refractivity contribution in [2.75, 3.05) is 31.5 Å². The van der Waals surface area contributed by atoms with E-state index in [1.54, 1.807) is 45.0 Å². The molecule has 0 atom stereocenters. The molecular weight excluding hydrogens is 558 g/mol. The van der Waals surface area contributed by atoms with Crippen molar-refractivity contribution in [1.82, 2.24) is 29.8 Å². The molecule has 0 spiro atoms. The fraction of sp³-hybridized carbons (Fsp3) is 0.303. The predicted octanol–water partition coefficient (Wildman–Crippen LogP) is 4.21. The van der Waals surface area contributed by atoms with Crippen LogP contribution in [-0.4, -0.2) is 72.8 Å². The third-order valence-electron chi connectivity index (χ3n) is 7.98. The number of nitrogens with one attached hydrogen (secondary N) is 2. The molecule has 0 aliphatic carbocycles. The molecule has 44 heavy (non-hydrogen) atoms. The van der Waals surface area contributed by atoms with Gasteiger partial charge < -0.3 is 30.6 Å². The van der Waals surface area contributed by atoms with Crippen LogP contribution in [-0.2, 0) is 26.7 Å². The van der Waals surface area contributed by atoms with Gasteiger partial charge in [0, 0.05) is 63.5 Å². The molecule has 2 aromatic carbocycles. The third kappa shape index (κ3) is 6.63. The molecular formula is C33H39N7O4. The van der Waals surface area contributed by atoms with E-state index < -0.39 is 0 Å². The van der Waals surface area contributed by atoms with Crippen LogP contribution >= 0.6 is 0 Å². The fourth-order valence-corrected chi connectivity index (χ4v) is 5.61. The number of hydrogen-bond donors (Lipinski definition) is 4. The number of piperazine rings is 1. The maximum Gasteiger partial charge on any atom is 0.317 e. The second-order valence-corrected chi connectivity index (χ2v) is 11.1. The smallest absolute Gasteiger partial charge is 0.317 e. The molecule has 2 aliphatic heterocycles. The first kappa shape index (κ1) is 30.4. The zero-order chi connectivity index (χ0) is 31.4. The molecule has 1 saturated heterocycles. The lowest BCUT2D eigenvalue weighted by Gasteiger charge is -2.34. The number of rotatable bonds is 7. The normalized spacial score (nSPS) is 15.6. The third-order valence-corrected chi connectivity index (χ3v) is 7.98. The Kier molecular flexibility index (Phi) is 9.05. The van der Waals surface area contributed by atoms with E-state index in [-0.39, 0.29) is 23.4 Å². The molecule has 1 fully saturated rings. The summed E-state index contributed by atoms with van der Waals surface area (Å²) >= 11 is 0. The van der Waals surface area contributed by atoms with Gasteiger partial charge in [0.2, 0.25) is 0 Å². The van der Waals surface area contributed by atoms with Gasteiger partial charge >= 0.3 is 6.03 Å². The quantitative estimate of drug-likeness (QED) is 0.322. The first-order chi connectivity index (χ1) is 21.2. The number of anilines is 1. The van der Waals surface area contributed by atoms with Crippen LogP contribution in [0.25, 0.3) is 0 Å². The van der Waals surface area contributed by atoms with Gasteiger partial charge in [-0.15, -0.1) is 0 Å². The number of fused-ring (bicyclic) bond motifs is 1. The SMILES string of the molecule is C=CC1=C(/C=C\C)N(C(=O)c2ccc(CNC(=O)N3CCN(Cc4cc(O)cc(O)c4)CC3)c(C)c2)Cc2cnn(C)c2N1. The summed E-state index contributed by atoms with van der Waals surface area (Å²) in [4.78, 5) is 32.5. The largest absolute Gasteiger partial charge is 0.508 e. The van der Waals surface area contributed by atoms with Crippen molar-refractivity contribution in [3.63, 3.8) is 0 Å².